The van der Waals surface area contributed by atoms with E-state index in [0.717, 1.165) is 5.56 Å². The van der Waals surface area contributed by atoms with E-state index < -0.39 is 17.9 Å². The van der Waals surface area contributed by atoms with E-state index in [9.17, 15) is 9.59 Å². The SMILES string of the molecule is C[C@@H](C#N)C[C@H](NC(=O)COCc1ccccc1)C(N)=O. The van der Waals surface area contributed by atoms with Gasteiger partial charge in [0, 0.05) is 5.92 Å². The minimum absolute atomic E-state index is 0.167. The van der Waals surface area contributed by atoms with Crippen molar-refractivity contribution in [2.75, 3.05) is 6.61 Å². The maximum atomic E-state index is 11.7. The lowest BCUT2D eigenvalue weighted by molar-refractivity contribution is -0.130. The van der Waals surface area contributed by atoms with Crippen LogP contribution < -0.4 is 11.1 Å². The van der Waals surface area contributed by atoms with Gasteiger partial charge in [-0.25, -0.2) is 0 Å². The smallest absolute Gasteiger partial charge is 0.246 e. The van der Waals surface area contributed by atoms with Crippen LogP contribution in [-0.2, 0) is 20.9 Å². The first kappa shape index (κ1) is 16.7. The lowest BCUT2D eigenvalue weighted by atomic mass is 10.0. The predicted molar refractivity (Wildman–Crippen MR) is 76.6 cm³/mol. The van der Waals surface area contributed by atoms with Crippen molar-refractivity contribution >= 4 is 11.8 Å². The van der Waals surface area contributed by atoms with Crippen LogP contribution in [0.4, 0.5) is 0 Å². The van der Waals surface area contributed by atoms with E-state index in [1.807, 2.05) is 36.4 Å². The first-order valence-electron chi connectivity index (χ1n) is 6.63. The van der Waals surface area contributed by atoms with Crippen molar-refractivity contribution in [3.63, 3.8) is 0 Å². The summed E-state index contributed by atoms with van der Waals surface area (Å²) in [5.74, 6) is -1.46. The van der Waals surface area contributed by atoms with E-state index in [0.29, 0.717) is 6.61 Å². The van der Waals surface area contributed by atoms with E-state index in [2.05, 4.69) is 5.32 Å². The van der Waals surface area contributed by atoms with E-state index in [1.165, 1.54) is 0 Å². The number of nitrogens with two attached hydrogens (primary N) is 1. The third kappa shape index (κ3) is 6.54. The van der Waals surface area contributed by atoms with Crippen LogP contribution in [0, 0.1) is 17.2 Å². The van der Waals surface area contributed by atoms with Gasteiger partial charge in [0.15, 0.2) is 0 Å². The molecule has 112 valence electrons. The van der Waals surface area contributed by atoms with Crippen molar-refractivity contribution in [1.82, 2.24) is 5.32 Å². The summed E-state index contributed by atoms with van der Waals surface area (Å²) in [6.45, 7) is 1.80. The van der Waals surface area contributed by atoms with Crippen LogP contribution in [0.15, 0.2) is 30.3 Å². The fraction of sp³-hybridized carbons (Fsp3) is 0.400. The second-order valence-corrected chi connectivity index (χ2v) is 4.77. The summed E-state index contributed by atoms with van der Waals surface area (Å²) in [6.07, 6.45) is 0.191. The minimum atomic E-state index is -0.854. The van der Waals surface area contributed by atoms with Crippen LogP contribution in [0.2, 0.25) is 0 Å². The van der Waals surface area contributed by atoms with Gasteiger partial charge in [-0.3, -0.25) is 9.59 Å². The highest BCUT2D eigenvalue weighted by Crippen LogP contribution is 2.05. The number of carbonyl (C=O) groups excluding carboxylic acids is 2. The molecule has 0 fully saturated rings. The molecule has 0 radical (unpaired) electrons. The summed E-state index contributed by atoms with van der Waals surface area (Å²) in [7, 11) is 0. The Hall–Kier alpha value is -2.39. The number of nitrogens with zero attached hydrogens (tertiary/aromatic N) is 1. The maximum absolute atomic E-state index is 11.7. The molecule has 21 heavy (non-hydrogen) atoms. The quantitative estimate of drug-likeness (QED) is 0.735. The molecule has 1 aromatic rings. The van der Waals surface area contributed by atoms with Gasteiger partial charge in [-0.2, -0.15) is 5.26 Å². The molecular formula is C15H19N3O3. The van der Waals surface area contributed by atoms with Crippen LogP contribution in [0.1, 0.15) is 18.9 Å². The largest absolute Gasteiger partial charge is 0.368 e. The standard InChI is InChI=1S/C15H19N3O3/c1-11(8-16)7-13(15(17)20)18-14(19)10-21-9-12-5-3-2-4-6-12/h2-6,11,13H,7,9-10H2,1H3,(H2,17,20)(H,18,19)/t11-,13+/m1/s1. The molecule has 0 saturated carbocycles. The second-order valence-electron chi connectivity index (χ2n) is 4.77. The fourth-order valence-corrected chi connectivity index (χ4v) is 1.72. The third-order valence-electron chi connectivity index (χ3n) is 2.83. The van der Waals surface area contributed by atoms with Crippen LogP contribution in [0.5, 0.6) is 0 Å². The van der Waals surface area contributed by atoms with Crippen LogP contribution in [0.25, 0.3) is 0 Å². The van der Waals surface area contributed by atoms with Crippen LogP contribution in [-0.4, -0.2) is 24.5 Å². The molecule has 3 N–H and O–H groups in total. The lowest BCUT2D eigenvalue weighted by Crippen LogP contribution is -2.46. The Bertz CT molecular complexity index is 511. The molecule has 0 aliphatic rings. The van der Waals surface area contributed by atoms with Crippen molar-refractivity contribution in [2.45, 2.75) is 26.0 Å². The van der Waals surface area contributed by atoms with Crippen molar-refractivity contribution in [3.05, 3.63) is 35.9 Å². The number of primary amides is 1. The number of nitrogens with one attached hydrogen (secondary N) is 1. The van der Waals surface area contributed by atoms with Crippen molar-refractivity contribution < 1.29 is 14.3 Å². The first-order valence-corrected chi connectivity index (χ1v) is 6.63. The van der Waals surface area contributed by atoms with Gasteiger partial charge < -0.3 is 15.8 Å². The Morgan fingerprint density at radius 2 is 2.05 bits per heavy atom. The Morgan fingerprint density at radius 3 is 2.62 bits per heavy atom. The molecule has 2 atom stereocenters. The summed E-state index contributed by atoms with van der Waals surface area (Å²) in [4.78, 5) is 22.9. The van der Waals surface area contributed by atoms with Crippen molar-refractivity contribution in [1.29, 1.82) is 5.26 Å². The molecule has 0 spiro atoms. The van der Waals surface area contributed by atoms with E-state index in [-0.39, 0.29) is 18.9 Å². The molecule has 0 aliphatic heterocycles. The molecule has 1 rings (SSSR count). The van der Waals surface area contributed by atoms with E-state index >= 15 is 0 Å². The topological polar surface area (TPSA) is 105 Å². The molecule has 1 aromatic carbocycles. The lowest BCUT2D eigenvalue weighted by Gasteiger charge is -2.16. The molecular weight excluding hydrogens is 270 g/mol. The number of hydrogen-bond acceptors (Lipinski definition) is 4. The maximum Gasteiger partial charge on any atom is 0.246 e. The van der Waals surface area contributed by atoms with Gasteiger partial charge in [-0.05, 0) is 18.9 Å². The highest BCUT2D eigenvalue weighted by Gasteiger charge is 2.20. The Kier molecular flexibility index (Phi) is 6.92. The number of benzene rings is 1. The van der Waals surface area contributed by atoms with E-state index in [4.69, 9.17) is 15.7 Å². The average Bonchev–Trinajstić information content (AvgIpc) is 2.47. The van der Waals surface area contributed by atoms with Gasteiger partial charge >= 0.3 is 0 Å². The van der Waals surface area contributed by atoms with Gasteiger partial charge in [0.1, 0.15) is 12.6 Å². The average molecular weight is 289 g/mol. The normalized spacial score (nSPS) is 13.0. The monoisotopic (exact) mass is 289 g/mol. The number of ether oxygens (including phenoxy) is 1. The summed E-state index contributed by atoms with van der Waals surface area (Å²) < 4.78 is 5.26. The zero-order valence-electron chi connectivity index (χ0n) is 11.9. The Labute approximate surface area is 123 Å². The van der Waals surface area contributed by atoms with Gasteiger partial charge in [0.2, 0.25) is 11.8 Å². The summed E-state index contributed by atoms with van der Waals surface area (Å²) in [6, 6.07) is 10.6. The molecule has 0 heterocycles. The summed E-state index contributed by atoms with van der Waals surface area (Å²) >= 11 is 0. The number of rotatable bonds is 8. The summed E-state index contributed by atoms with van der Waals surface area (Å²) in [5.41, 5.74) is 6.16. The molecule has 0 bridgehead atoms. The first-order chi connectivity index (χ1) is 10.0. The van der Waals surface area contributed by atoms with Gasteiger partial charge in [0.25, 0.3) is 0 Å². The predicted octanol–water partition coefficient (Wildman–Crippen LogP) is 0.723. The fourth-order valence-electron chi connectivity index (χ4n) is 1.72. The summed E-state index contributed by atoms with van der Waals surface area (Å²) in [5, 5.41) is 11.2. The van der Waals surface area contributed by atoms with Crippen molar-refractivity contribution in [3.8, 4) is 6.07 Å². The number of hydrogen-bond donors (Lipinski definition) is 2. The highest BCUT2D eigenvalue weighted by atomic mass is 16.5. The molecule has 0 aliphatic carbocycles. The van der Waals surface area contributed by atoms with Gasteiger partial charge in [-0.1, -0.05) is 30.3 Å². The molecule has 0 aromatic heterocycles. The zero-order chi connectivity index (χ0) is 15.7. The highest BCUT2D eigenvalue weighted by molar-refractivity contribution is 5.87. The van der Waals surface area contributed by atoms with Gasteiger partial charge in [-0.15, -0.1) is 0 Å². The van der Waals surface area contributed by atoms with E-state index in [1.54, 1.807) is 6.92 Å². The van der Waals surface area contributed by atoms with Crippen LogP contribution in [0.3, 0.4) is 0 Å². The Morgan fingerprint density at radius 1 is 1.38 bits per heavy atom. The third-order valence-corrected chi connectivity index (χ3v) is 2.83. The number of amides is 2. The molecule has 0 unspecified atom stereocenters. The zero-order valence-corrected chi connectivity index (χ0v) is 11.9. The van der Waals surface area contributed by atoms with Crippen LogP contribution >= 0.6 is 0 Å². The molecule has 0 saturated heterocycles. The van der Waals surface area contributed by atoms with Gasteiger partial charge in [0.05, 0.1) is 12.7 Å². The second kappa shape index (κ2) is 8.72. The number of nitriles is 1. The molecule has 2 amide bonds. The molecule has 6 nitrogen and oxygen atoms in total. The molecule has 6 heteroatoms. The minimum Gasteiger partial charge on any atom is -0.368 e. The number of carbonyl (C=O) groups is 2. The van der Waals surface area contributed by atoms with Crippen molar-refractivity contribution in [2.24, 2.45) is 11.7 Å². The Balaban J connectivity index is 2.37.